The van der Waals surface area contributed by atoms with Crippen LogP contribution in [0.5, 0.6) is 11.5 Å². The van der Waals surface area contributed by atoms with E-state index in [9.17, 15) is 4.79 Å². The summed E-state index contributed by atoms with van der Waals surface area (Å²) in [7, 11) is 1.68. The third kappa shape index (κ3) is 6.89. The van der Waals surface area contributed by atoms with E-state index in [2.05, 4.69) is 76.3 Å². The van der Waals surface area contributed by atoms with Gasteiger partial charge in [0.15, 0.2) is 11.5 Å². The summed E-state index contributed by atoms with van der Waals surface area (Å²) in [6.45, 7) is 2.47. The number of pyridine rings is 1. The number of hydrogen-bond donors (Lipinski definition) is 2. The van der Waals surface area contributed by atoms with Gasteiger partial charge in [0.05, 0.1) is 7.11 Å². The number of halogens is 1. The van der Waals surface area contributed by atoms with Crippen LogP contribution >= 0.6 is 12.4 Å². The van der Waals surface area contributed by atoms with Crippen molar-refractivity contribution in [1.82, 2.24) is 10.3 Å². The van der Waals surface area contributed by atoms with Crippen molar-refractivity contribution in [2.75, 3.05) is 19.0 Å². The quantitative estimate of drug-likeness (QED) is 0.250. The summed E-state index contributed by atoms with van der Waals surface area (Å²) in [6, 6.07) is 26.7. The number of rotatable bonds is 9. The second-order valence-electron chi connectivity index (χ2n) is 9.55. The molecule has 1 unspecified atom stereocenters. The first kappa shape index (κ1) is 28.0. The van der Waals surface area contributed by atoms with E-state index in [4.69, 9.17) is 9.47 Å². The Kier molecular flexibility index (Phi) is 9.45. The largest absolute Gasteiger partial charge is 0.493 e. The Labute approximate surface area is 236 Å². The minimum atomic E-state index is -0.209. The second-order valence-corrected chi connectivity index (χ2v) is 9.55. The highest BCUT2D eigenvalue weighted by Gasteiger charge is 2.25. The lowest BCUT2D eigenvalue weighted by Gasteiger charge is -2.22. The lowest BCUT2D eigenvalue weighted by atomic mass is 9.86. The van der Waals surface area contributed by atoms with Crippen molar-refractivity contribution in [2.24, 2.45) is 0 Å². The van der Waals surface area contributed by atoms with E-state index in [-0.39, 0.29) is 30.5 Å². The van der Waals surface area contributed by atoms with Gasteiger partial charge in [-0.3, -0.25) is 4.98 Å². The number of aromatic nitrogens is 1. The van der Waals surface area contributed by atoms with Crippen LogP contribution < -0.4 is 20.1 Å². The van der Waals surface area contributed by atoms with Crippen LogP contribution in [0.25, 0.3) is 0 Å². The van der Waals surface area contributed by atoms with Crippen LogP contribution in [-0.4, -0.2) is 30.8 Å². The maximum atomic E-state index is 12.0. The standard InChI is InChI=1S/C32H33N3O3.ClH/c1-3-34-32(36)35-27-11-8-23(9-12-27)29(18-22-14-16-33-17-15-22)26-10-13-30(37-2)31(21-26)38-28-19-24-6-4-5-7-25(24)20-28;/h4-17,21,28-29H,3,18-20H2,1-2H3,(H2,34,35,36);1H. The van der Waals surface area contributed by atoms with Crippen LogP contribution in [0.3, 0.4) is 0 Å². The number of fused-ring (bicyclic) bond motifs is 1. The molecule has 3 aromatic carbocycles. The van der Waals surface area contributed by atoms with Crippen molar-refractivity contribution >= 4 is 24.1 Å². The molecular formula is C32H34ClN3O3. The number of urea groups is 1. The highest BCUT2D eigenvalue weighted by molar-refractivity contribution is 5.89. The Morgan fingerprint density at radius 3 is 2.23 bits per heavy atom. The number of benzene rings is 3. The van der Waals surface area contributed by atoms with Crippen LogP contribution in [0.2, 0.25) is 0 Å². The van der Waals surface area contributed by atoms with Gasteiger partial charge in [0, 0.05) is 43.4 Å². The van der Waals surface area contributed by atoms with E-state index in [0.717, 1.165) is 47.6 Å². The molecule has 6 nitrogen and oxygen atoms in total. The number of methoxy groups -OCH3 is 1. The highest BCUT2D eigenvalue weighted by Crippen LogP contribution is 2.37. The molecule has 0 bridgehead atoms. The normalized spacial score (nSPS) is 13.1. The number of anilines is 1. The summed E-state index contributed by atoms with van der Waals surface area (Å²) in [6.07, 6.45) is 6.31. The summed E-state index contributed by atoms with van der Waals surface area (Å²) < 4.78 is 12.2. The van der Waals surface area contributed by atoms with Gasteiger partial charge in [0.2, 0.25) is 0 Å². The molecule has 39 heavy (non-hydrogen) atoms. The first-order valence-corrected chi connectivity index (χ1v) is 13.1. The Hall–Kier alpha value is -4.03. The van der Waals surface area contributed by atoms with E-state index >= 15 is 0 Å². The minimum Gasteiger partial charge on any atom is -0.493 e. The van der Waals surface area contributed by atoms with Crippen LogP contribution in [0.4, 0.5) is 10.5 Å². The van der Waals surface area contributed by atoms with Gasteiger partial charge < -0.3 is 20.1 Å². The fraction of sp³-hybridized carbons (Fsp3) is 0.250. The Bertz CT molecular complexity index is 1350. The smallest absolute Gasteiger partial charge is 0.319 e. The van der Waals surface area contributed by atoms with Crippen molar-refractivity contribution in [3.63, 3.8) is 0 Å². The molecule has 0 spiro atoms. The summed E-state index contributed by atoms with van der Waals surface area (Å²) in [5.74, 6) is 1.57. The van der Waals surface area contributed by atoms with E-state index in [1.54, 1.807) is 7.11 Å². The molecule has 0 radical (unpaired) electrons. The molecule has 1 heterocycles. The van der Waals surface area contributed by atoms with Gasteiger partial charge in [-0.1, -0.05) is 42.5 Å². The Morgan fingerprint density at radius 2 is 1.59 bits per heavy atom. The van der Waals surface area contributed by atoms with E-state index in [0.29, 0.717) is 6.54 Å². The molecule has 202 valence electrons. The van der Waals surface area contributed by atoms with Gasteiger partial charge in [0.1, 0.15) is 6.10 Å². The monoisotopic (exact) mass is 543 g/mol. The van der Waals surface area contributed by atoms with Crippen LogP contribution in [0.15, 0.2) is 91.3 Å². The van der Waals surface area contributed by atoms with Crippen molar-refractivity contribution in [3.05, 3.63) is 119 Å². The van der Waals surface area contributed by atoms with Gasteiger partial charge in [-0.2, -0.15) is 0 Å². The summed E-state index contributed by atoms with van der Waals surface area (Å²) in [5, 5.41) is 5.64. The van der Waals surface area contributed by atoms with Gasteiger partial charge in [0.25, 0.3) is 0 Å². The lowest BCUT2D eigenvalue weighted by Crippen LogP contribution is -2.28. The zero-order valence-electron chi connectivity index (χ0n) is 22.2. The zero-order chi connectivity index (χ0) is 26.3. The molecule has 0 saturated carbocycles. The first-order valence-electron chi connectivity index (χ1n) is 13.1. The fourth-order valence-electron chi connectivity index (χ4n) is 5.10. The van der Waals surface area contributed by atoms with Gasteiger partial charge in [-0.25, -0.2) is 4.79 Å². The van der Waals surface area contributed by atoms with Crippen molar-refractivity contribution in [2.45, 2.75) is 38.2 Å². The number of carbonyl (C=O) groups is 1. The van der Waals surface area contributed by atoms with Crippen LogP contribution in [0.1, 0.15) is 40.7 Å². The van der Waals surface area contributed by atoms with Crippen molar-refractivity contribution < 1.29 is 14.3 Å². The molecule has 7 heteroatoms. The number of amides is 2. The number of carbonyl (C=O) groups excluding carboxylic acids is 1. The molecule has 1 aliphatic carbocycles. The molecule has 2 N–H and O–H groups in total. The van der Waals surface area contributed by atoms with Gasteiger partial charge in [-0.05, 0) is 77.6 Å². The average Bonchev–Trinajstić information content (AvgIpc) is 3.35. The van der Waals surface area contributed by atoms with Crippen molar-refractivity contribution in [3.8, 4) is 11.5 Å². The van der Waals surface area contributed by atoms with Crippen LogP contribution in [-0.2, 0) is 19.3 Å². The maximum absolute atomic E-state index is 12.0. The Morgan fingerprint density at radius 1 is 0.923 bits per heavy atom. The molecule has 1 atom stereocenters. The number of ether oxygens (including phenoxy) is 2. The molecule has 0 saturated heterocycles. The van der Waals surface area contributed by atoms with E-state index in [1.165, 1.54) is 16.7 Å². The van der Waals surface area contributed by atoms with Crippen LogP contribution in [0, 0.1) is 0 Å². The molecule has 1 aliphatic rings. The molecule has 5 rings (SSSR count). The number of nitrogens with one attached hydrogen (secondary N) is 2. The molecule has 2 amide bonds. The predicted molar refractivity (Wildman–Crippen MR) is 157 cm³/mol. The fourth-order valence-corrected chi connectivity index (χ4v) is 5.10. The molecular weight excluding hydrogens is 510 g/mol. The first-order chi connectivity index (χ1) is 18.6. The topological polar surface area (TPSA) is 72.5 Å². The molecule has 1 aromatic heterocycles. The second kappa shape index (κ2) is 13.2. The van der Waals surface area contributed by atoms with E-state index in [1.807, 2.05) is 37.5 Å². The maximum Gasteiger partial charge on any atom is 0.319 e. The third-order valence-corrected chi connectivity index (χ3v) is 6.99. The summed E-state index contributed by atoms with van der Waals surface area (Å²) in [4.78, 5) is 16.1. The predicted octanol–water partition coefficient (Wildman–Crippen LogP) is 6.57. The lowest BCUT2D eigenvalue weighted by molar-refractivity contribution is 0.204. The summed E-state index contributed by atoms with van der Waals surface area (Å²) >= 11 is 0. The zero-order valence-corrected chi connectivity index (χ0v) is 23.0. The molecule has 0 aliphatic heterocycles. The molecule has 0 fully saturated rings. The summed E-state index contributed by atoms with van der Waals surface area (Å²) in [5.41, 5.74) is 6.93. The average molecular weight is 544 g/mol. The SMILES string of the molecule is CCNC(=O)Nc1ccc(C(Cc2ccncc2)c2ccc(OC)c(OC3Cc4ccccc4C3)c2)cc1.Cl. The third-order valence-electron chi connectivity index (χ3n) is 6.99. The number of nitrogens with zero attached hydrogens (tertiary/aromatic N) is 1. The van der Waals surface area contributed by atoms with E-state index < -0.39 is 0 Å². The number of hydrogen-bond acceptors (Lipinski definition) is 4. The van der Waals surface area contributed by atoms with Crippen molar-refractivity contribution in [1.29, 1.82) is 0 Å². The highest BCUT2D eigenvalue weighted by atomic mass is 35.5. The minimum absolute atomic E-state index is 0. The van der Waals surface area contributed by atoms with Gasteiger partial charge >= 0.3 is 6.03 Å². The molecule has 4 aromatic rings. The Balaban J connectivity index is 0.00000353. The van der Waals surface area contributed by atoms with Gasteiger partial charge in [-0.15, -0.1) is 12.4 Å².